The first-order chi connectivity index (χ1) is 14.8. The van der Waals surface area contributed by atoms with Crippen molar-refractivity contribution in [3.8, 4) is 22.4 Å². The number of hydrogen-bond acceptors (Lipinski definition) is 5. The van der Waals surface area contributed by atoms with Gasteiger partial charge in [-0.15, -0.1) is 12.4 Å². The van der Waals surface area contributed by atoms with Crippen molar-refractivity contribution in [2.75, 3.05) is 7.05 Å². The zero-order valence-corrected chi connectivity index (χ0v) is 19.4. The van der Waals surface area contributed by atoms with Gasteiger partial charge in [0.15, 0.2) is 0 Å². The van der Waals surface area contributed by atoms with Gasteiger partial charge < -0.3 is 9.84 Å². The monoisotopic (exact) mass is 475 g/mol. The standard InChI is InChI=1S/C23H22FN3O3S.ClH/c1-15-23(16(2)30-26-15)18-7-6-8-19(12-18)31(28,29)27-14-17(13-25-3)11-22(27)20-9-4-5-10-21(20)24;/h4-12,14,25H,13H2,1-3H3;1H. The van der Waals surface area contributed by atoms with Crippen LogP contribution in [0, 0.1) is 19.7 Å². The molecule has 2 aromatic carbocycles. The summed E-state index contributed by atoms with van der Waals surface area (Å²) in [5, 5.41) is 6.95. The van der Waals surface area contributed by atoms with Crippen LogP contribution in [-0.4, -0.2) is 24.6 Å². The number of nitrogens with one attached hydrogen (secondary N) is 1. The Morgan fingerprint density at radius 3 is 2.50 bits per heavy atom. The van der Waals surface area contributed by atoms with Gasteiger partial charge in [-0.25, -0.2) is 16.8 Å². The topological polar surface area (TPSA) is 77.1 Å². The largest absolute Gasteiger partial charge is 0.361 e. The Bertz CT molecular complexity index is 1340. The van der Waals surface area contributed by atoms with Crippen molar-refractivity contribution in [2.24, 2.45) is 0 Å². The predicted octanol–water partition coefficient (Wildman–Crippen LogP) is 4.94. The molecule has 168 valence electrons. The van der Waals surface area contributed by atoms with Crippen molar-refractivity contribution in [1.29, 1.82) is 0 Å². The van der Waals surface area contributed by atoms with Crippen molar-refractivity contribution >= 4 is 22.4 Å². The van der Waals surface area contributed by atoms with Gasteiger partial charge >= 0.3 is 0 Å². The lowest BCUT2D eigenvalue weighted by Gasteiger charge is -2.12. The van der Waals surface area contributed by atoms with E-state index in [1.165, 1.54) is 18.3 Å². The molecule has 6 nitrogen and oxygen atoms in total. The average molecular weight is 476 g/mol. The summed E-state index contributed by atoms with van der Waals surface area (Å²) in [6, 6.07) is 14.4. The molecule has 1 N–H and O–H groups in total. The second kappa shape index (κ2) is 9.28. The maximum atomic E-state index is 14.5. The van der Waals surface area contributed by atoms with Crippen molar-refractivity contribution in [3.63, 3.8) is 0 Å². The maximum Gasteiger partial charge on any atom is 0.268 e. The van der Waals surface area contributed by atoms with Gasteiger partial charge in [0.25, 0.3) is 10.0 Å². The molecular formula is C23H23ClFN3O3S. The normalized spacial score (nSPS) is 11.4. The van der Waals surface area contributed by atoms with Crippen LogP contribution >= 0.6 is 12.4 Å². The highest BCUT2D eigenvalue weighted by Gasteiger charge is 2.24. The molecule has 0 spiro atoms. The van der Waals surface area contributed by atoms with Crippen molar-refractivity contribution in [3.05, 3.63) is 83.6 Å². The summed E-state index contributed by atoms with van der Waals surface area (Å²) < 4.78 is 48.2. The zero-order chi connectivity index (χ0) is 22.2. The molecule has 4 aromatic rings. The first-order valence-electron chi connectivity index (χ1n) is 9.72. The molecule has 2 heterocycles. The molecule has 0 amide bonds. The average Bonchev–Trinajstić information content (AvgIpc) is 3.32. The Kier molecular flexibility index (Phi) is 6.88. The number of benzene rings is 2. The Morgan fingerprint density at radius 2 is 1.84 bits per heavy atom. The number of aryl methyl sites for hydroxylation is 2. The van der Waals surface area contributed by atoms with E-state index in [0.717, 1.165) is 15.1 Å². The van der Waals surface area contributed by atoms with Gasteiger partial charge in [0, 0.05) is 23.9 Å². The summed E-state index contributed by atoms with van der Waals surface area (Å²) in [4.78, 5) is 0.0918. The minimum Gasteiger partial charge on any atom is -0.361 e. The number of aromatic nitrogens is 2. The summed E-state index contributed by atoms with van der Waals surface area (Å²) in [5.41, 5.74) is 3.34. The second-order valence-corrected chi connectivity index (χ2v) is 9.09. The number of hydrogen-bond donors (Lipinski definition) is 1. The highest BCUT2D eigenvalue weighted by Crippen LogP contribution is 2.32. The van der Waals surface area contributed by atoms with Gasteiger partial charge in [0.1, 0.15) is 11.6 Å². The van der Waals surface area contributed by atoms with Gasteiger partial charge in [0.05, 0.1) is 16.3 Å². The van der Waals surface area contributed by atoms with E-state index in [1.807, 2.05) is 6.07 Å². The third-order valence-corrected chi connectivity index (χ3v) is 6.76. The lowest BCUT2D eigenvalue weighted by Crippen LogP contribution is -2.14. The van der Waals surface area contributed by atoms with Gasteiger partial charge in [-0.3, -0.25) is 0 Å². The Balaban J connectivity index is 0.00000289. The highest BCUT2D eigenvalue weighted by atomic mass is 35.5. The van der Waals surface area contributed by atoms with Crippen LogP contribution in [-0.2, 0) is 16.6 Å². The first-order valence-corrected chi connectivity index (χ1v) is 11.2. The van der Waals surface area contributed by atoms with Crippen LogP contribution in [0.4, 0.5) is 4.39 Å². The summed E-state index contributed by atoms with van der Waals surface area (Å²) in [5.74, 6) is 0.119. The van der Waals surface area contributed by atoms with E-state index in [1.54, 1.807) is 57.3 Å². The fraction of sp³-hybridized carbons (Fsp3) is 0.174. The second-order valence-electron chi connectivity index (χ2n) is 7.27. The smallest absolute Gasteiger partial charge is 0.268 e. The van der Waals surface area contributed by atoms with Crippen LogP contribution in [0.25, 0.3) is 22.4 Å². The van der Waals surface area contributed by atoms with Crippen LogP contribution in [0.2, 0.25) is 0 Å². The number of halogens is 2. The molecule has 0 unspecified atom stereocenters. The third kappa shape index (κ3) is 4.21. The van der Waals surface area contributed by atoms with Gasteiger partial charge in [-0.05, 0) is 62.4 Å². The molecule has 0 radical (unpaired) electrons. The molecule has 0 fully saturated rings. The number of nitrogens with zero attached hydrogens (tertiary/aromatic N) is 2. The van der Waals surface area contributed by atoms with Crippen molar-refractivity contribution in [1.82, 2.24) is 14.4 Å². The molecule has 9 heteroatoms. The van der Waals surface area contributed by atoms with E-state index in [-0.39, 0.29) is 28.6 Å². The van der Waals surface area contributed by atoms with Gasteiger partial charge in [-0.1, -0.05) is 29.4 Å². The Morgan fingerprint density at radius 1 is 1.09 bits per heavy atom. The minimum absolute atomic E-state index is 0. The molecular weight excluding hydrogens is 453 g/mol. The molecule has 0 atom stereocenters. The summed E-state index contributed by atoms with van der Waals surface area (Å²) in [6.07, 6.45) is 1.52. The molecule has 4 rings (SSSR count). The van der Waals surface area contributed by atoms with Crippen LogP contribution in [0.15, 0.2) is 70.2 Å². The summed E-state index contributed by atoms with van der Waals surface area (Å²) in [6.45, 7) is 4.03. The van der Waals surface area contributed by atoms with E-state index >= 15 is 0 Å². The quantitative estimate of drug-likeness (QED) is 0.427. The van der Waals surface area contributed by atoms with Crippen LogP contribution in [0.1, 0.15) is 17.0 Å². The number of rotatable bonds is 6. The van der Waals surface area contributed by atoms with E-state index in [2.05, 4.69) is 10.5 Å². The molecule has 0 bridgehead atoms. The Labute approximate surface area is 192 Å². The third-order valence-electron chi connectivity index (χ3n) is 5.09. The molecule has 2 aromatic heterocycles. The molecule has 0 aliphatic heterocycles. The Hall–Kier alpha value is -2.94. The first kappa shape index (κ1) is 23.7. The zero-order valence-electron chi connectivity index (χ0n) is 17.8. The van der Waals surface area contributed by atoms with Crippen molar-refractivity contribution in [2.45, 2.75) is 25.3 Å². The van der Waals surface area contributed by atoms with Crippen LogP contribution in [0.3, 0.4) is 0 Å². The van der Waals surface area contributed by atoms with Crippen molar-refractivity contribution < 1.29 is 17.3 Å². The lowest BCUT2D eigenvalue weighted by atomic mass is 10.0. The maximum absolute atomic E-state index is 14.5. The highest BCUT2D eigenvalue weighted by molar-refractivity contribution is 7.90. The fourth-order valence-corrected chi connectivity index (χ4v) is 5.12. The minimum atomic E-state index is -4.00. The van der Waals surface area contributed by atoms with Crippen LogP contribution in [0.5, 0.6) is 0 Å². The van der Waals surface area contributed by atoms with E-state index in [0.29, 0.717) is 23.6 Å². The van der Waals surface area contributed by atoms with Gasteiger partial charge in [0.2, 0.25) is 0 Å². The van der Waals surface area contributed by atoms with E-state index in [9.17, 15) is 12.8 Å². The molecule has 0 saturated carbocycles. The summed E-state index contributed by atoms with van der Waals surface area (Å²) >= 11 is 0. The molecule has 0 aliphatic carbocycles. The van der Waals surface area contributed by atoms with Gasteiger partial charge in [-0.2, -0.15) is 0 Å². The van der Waals surface area contributed by atoms with E-state index < -0.39 is 15.8 Å². The predicted molar refractivity (Wildman–Crippen MR) is 124 cm³/mol. The molecule has 0 saturated heterocycles. The molecule has 32 heavy (non-hydrogen) atoms. The van der Waals surface area contributed by atoms with Crippen LogP contribution < -0.4 is 5.32 Å². The SMILES string of the molecule is CNCc1cc(-c2ccccc2F)n(S(=O)(=O)c2cccc(-c3c(C)noc3C)c2)c1.Cl. The lowest BCUT2D eigenvalue weighted by molar-refractivity contribution is 0.393. The van der Waals surface area contributed by atoms with E-state index in [4.69, 9.17) is 4.52 Å². The summed E-state index contributed by atoms with van der Waals surface area (Å²) in [7, 11) is -2.23. The molecule has 0 aliphatic rings. The fourth-order valence-electron chi connectivity index (χ4n) is 3.68.